The second-order valence-electron chi connectivity index (χ2n) is 5.99. The van der Waals surface area contributed by atoms with Crippen molar-refractivity contribution in [1.29, 1.82) is 0 Å². The Morgan fingerprint density at radius 3 is 2.95 bits per heavy atom. The van der Waals surface area contributed by atoms with E-state index >= 15 is 0 Å². The first kappa shape index (κ1) is 15.7. The maximum absolute atomic E-state index is 6.12. The van der Waals surface area contributed by atoms with Gasteiger partial charge in [0.05, 0.1) is 0 Å². The molecule has 3 nitrogen and oxygen atoms in total. The molecule has 1 aromatic rings. The van der Waals surface area contributed by atoms with Gasteiger partial charge in [-0.1, -0.05) is 18.9 Å². The normalized spacial score (nSPS) is 19.0. The third-order valence-corrected chi connectivity index (χ3v) is 3.57. The van der Waals surface area contributed by atoms with Crippen LogP contribution in [0.25, 0.3) is 0 Å². The van der Waals surface area contributed by atoms with E-state index in [2.05, 4.69) is 44.0 Å². The summed E-state index contributed by atoms with van der Waals surface area (Å²) in [4.78, 5) is 0. The Balaban J connectivity index is 2.20. The number of benzene rings is 1. The molecule has 3 heteroatoms. The molecule has 1 aliphatic rings. The number of ether oxygens (including phenoxy) is 2. The highest BCUT2D eigenvalue weighted by Gasteiger charge is 2.33. The minimum atomic E-state index is -0.166. The molecule has 1 atom stereocenters. The minimum Gasteiger partial charge on any atom is -0.487 e. The lowest BCUT2D eigenvalue weighted by molar-refractivity contribution is 0.0658. The Bertz CT molecular complexity index is 540. The van der Waals surface area contributed by atoms with Gasteiger partial charge in [0.2, 0.25) is 0 Å². The van der Waals surface area contributed by atoms with Gasteiger partial charge in [0.25, 0.3) is 0 Å². The molecule has 0 saturated heterocycles. The molecule has 1 heterocycles. The molecule has 0 bridgehead atoms. The Hall–Kier alpha value is -1.66. The number of nitrogens with one attached hydrogen (secondary N) is 1. The summed E-state index contributed by atoms with van der Waals surface area (Å²) in [6.07, 6.45) is 2.10. The highest BCUT2D eigenvalue weighted by atomic mass is 16.5. The molecular weight excluding hydrogens is 262 g/mol. The third-order valence-electron chi connectivity index (χ3n) is 3.57. The van der Waals surface area contributed by atoms with Crippen LogP contribution in [0.15, 0.2) is 18.2 Å². The van der Waals surface area contributed by atoms with E-state index in [0.717, 1.165) is 30.9 Å². The van der Waals surface area contributed by atoms with Crippen molar-refractivity contribution in [3.63, 3.8) is 0 Å². The number of fused-ring (bicyclic) bond motifs is 1. The number of hydrogen-bond donors (Lipinski definition) is 1. The van der Waals surface area contributed by atoms with Crippen LogP contribution in [-0.2, 0) is 0 Å². The topological polar surface area (TPSA) is 30.5 Å². The quantitative estimate of drug-likeness (QED) is 0.838. The molecule has 0 fully saturated rings. The van der Waals surface area contributed by atoms with Crippen molar-refractivity contribution in [3.05, 3.63) is 23.8 Å². The first-order valence-corrected chi connectivity index (χ1v) is 7.64. The summed E-state index contributed by atoms with van der Waals surface area (Å²) in [5, 5.41) is 3.61. The van der Waals surface area contributed by atoms with Crippen LogP contribution in [0.5, 0.6) is 11.5 Å². The maximum Gasteiger partial charge on any atom is 0.149 e. The van der Waals surface area contributed by atoms with Gasteiger partial charge in [-0.3, -0.25) is 0 Å². The predicted octanol–water partition coefficient (Wildman–Crippen LogP) is 3.69. The maximum atomic E-state index is 6.12. The smallest absolute Gasteiger partial charge is 0.149 e. The van der Waals surface area contributed by atoms with Gasteiger partial charge in [-0.2, -0.15) is 0 Å². The first-order chi connectivity index (χ1) is 10.1. The van der Waals surface area contributed by atoms with Crippen LogP contribution in [-0.4, -0.2) is 18.8 Å². The van der Waals surface area contributed by atoms with E-state index < -0.39 is 0 Å². The van der Waals surface area contributed by atoms with Crippen LogP contribution in [0.3, 0.4) is 0 Å². The highest BCUT2D eigenvalue weighted by molar-refractivity contribution is 5.44. The van der Waals surface area contributed by atoms with E-state index in [9.17, 15) is 0 Å². The second kappa shape index (κ2) is 6.87. The Labute approximate surface area is 128 Å². The summed E-state index contributed by atoms with van der Waals surface area (Å²) in [6, 6.07) is 6.42. The summed E-state index contributed by atoms with van der Waals surface area (Å²) in [5.74, 6) is 7.46. The van der Waals surface area contributed by atoms with E-state index in [4.69, 9.17) is 9.47 Å². The molecule has 0 aliphatic carbocycles. The molecule has 0 amide bonds. The molecule has 1 aliphatic heterocycles. The molecule has 21 heavy (non-hydrogen) atoms. The predicted molar refractivity (Wildman–Crippen MR) is 85.7 cm³/mol. The number of rotatable bonds is 5. The van der Waals surface area contributed by atoms with Crippen molar-refractivity contribution in [2.75, 3.05) is 13.2 Å². The minimum absolute atomic E-state index is 0.166. The average Bonchev–Trinajstić information content (AvgIpc) is 2.43. The summed E-state index contributed by atoms with van der Waals surface area (Å²) in [7, 11) is 0. The lowest BCUT2D eigenvalue weighted by Gasteiger charge is -2.38. The fourth-order valence-electron chi connectivity index (χ4n) is 2.61. The van der Waals surface area contributed by atoms with Crippen LogP contribution in [0.4, 0.5) is 0 Å². The molecule has 114 valence electrons. The van der Waals surface area contributed by atoms with Gasteiger partial charge in [-0.15, -0.1) is 5.92 Å². The Kier molecular flexibility index (Phi) is 5.14. The first-order valence-electron chi connectivity index (χ1n) is 7.64. The summed E-state index contributed by atoms with van der Waals surface area (Å²) < 4.78 is 11.7. The molecule has 1 unspecified atom stereocenters. The van der Waals surface area contributed by atoms with E-state index in [1.165, 1.54) is 5.56 Å². The van der Waals surface area contributed by atoms with Gasteiger partial charge in [0, 0.05) is 24.1 Å². The lowest BCUT2D eigenvalue weighted by Crippen LogP contribution is -2.39. The van der Waals surface area contributed by atoms with Gasteiger partial charge < -0.3 is 14.8 Å². The Morgan fingerprint density at radius 1 is 1.43 bits per heavy atom. The number of hydrogen-bond acceptors (Lipinski definition) is 3. The standard InChI is InChI=1S/C18H25NO2/c1-5-7-11-20-14-8-9-15-16(19-10-6-2)13-18(3,4)21-17(15)12-14/h8-9,12,16,19H,6,10-11,13H2,1-4H3. The van der Waals surface area contributed by atoms with Crippen LogP contribution in [0.1, 0.15) is 52.1 Å². The zero-order valence-electron chi connectivity index (χ0n) is 13.5. The molecular formula is C18H25NO2. The van der Waals surface area contributed by atoms with Crippen LogP contribution in [0, 0.1) is 11.8 Å². The van der Waals surface area contributed by atoms with E-state index in [1.807, 2.05) is 19.1 Å². The average molecular weight is 287 g/mol. The SMILES string of the molecule is CC#CCOc1ccc2c(c1)OC(C)(C)CC2NCCC. The fourth-order valence-corrected chi connectivity index (χ4v) is 2.61. The largest absolute Gasteiger partial charge is 0.487 e. The fraction of sp³-hybridized carbons (Fsp3) is 0.556. The van der Waals surface area contributed by atoms with Crippen molar-refractivity contribution >= 4 is 0 Å². The molecule has 0 saturated carbocycles. The zero-order valence-corrected chi connectivity index (χ0v) is 13.5. The van der Waals surface area contributed by atoms with Gasteiger partial charge in [-0.05, 0) is 39.8 Å². The second-order valence-corrected chi connectivity index (χ2v) is 5.99. The summed E-state index contributed by atoms with van der Waals surface area (Å²) >= 11 is 0. The zero-order chi connectivity index (χ0) is 15.3. The van der Waals surface area contributed by atoms with Crippen LogP contribution < -0.4 is 14.8 Å². The van der Waals surface area contributed by atoms with Gasteiger partial charge in [0.1, 0.15) is 23.7 Å². The van der Waals surface area contributed by atoms with Crippen LogP contribution in [0.2, 0.25) is 0 Å². The van der Waals surface area contributed by atoms with Gasteiger partial charge in [0.15, 0.2) is 0 Å². The van der Waals surface area contributed by atoms with Crippen LogP contribution >= 0.6 is 0 Å². The lowest BCUT2D eigenvalue weighted by atomic mass is 9.89. The van der Waals surface area contributed by atoms with Crippen molar-refractivity contribution in [3.8, 4) is 23.3 Å². The van der Waals surface area contributed by atoms with Crippen molar-refractivity contribution in [1.82, 2.24) is 5.32 Å². The molecule has 0 aromatic heterocycles. The molecule has 1 aromatic carbocycles. The highest BCUT2D eigenvalue weighted by Crippen LogP contribution is 2.41. The van der Waals surface area contributed by atoms with Crippen molar-refractivity contribution in [2.45, 2.75) is 52.2 Å². The molecule has 1 N–H and O–H groups in total. The third kappa shape index (κ3) is 4.15. The summed E-state index contributed by atoms with van der Waals surface area (Å²) in [6.45, 7) is 9.69. The van der Waals surface area contributed by atoms with E-state index in [0.29, 0.717) is 12.6 Å². The molecule has 0 spiro atoms. The van der Waals surface area contributed by atoms with Gasteiger partial charge in [-0.25, -0.2) is 0 Å². The van der Waals surface area contributed by atoms with Crippen molar-refractivity contribution in [2.24, 2.45) is 0 Å². The monoisotopic (exact) mass is 287 g/mol. The van der Waals surface area contributed by atoms with Gasteiger partial charge >= 0.3 is 0 Å². The van der Waals surface area contributed by atoms with Crippen molar-refractivity contribution < 1.29 is 9.47 Å². The van der Waals surface area contributed by atoms with E-state index in [1.54, 1.807) is 0 Å². The molecule has 0 radical (unpaired) electrons. The Morgan fingerprint density at radius 2 is 2.24 bits per heavy atom. The molecule has 2 rings (SSSR count). The summed E-state index contributed by atoms with van der Waals surface area (Å²) in [5.41, 5.74) is 1.05. The van der Waals surface area contributed by atoms with E-state index in [-0.39, 0.29) is 5.60 Å².